The minimum atomic E-state index is 0.567. The molecule has 0 fully saturated rings. The summed E-state index contributed by atoms with van der Waals surface area (Å²) in [5, 5.41) is 4.37. The van der Waals surface area contributed by atoms with Gasteiger partial charge in [0.1, 0.15) is 5.82 Å². The first-order valence-electron chi connectivity index (χ1n) is 5.83. The Bertz CT molecular complexity index is 570. The van der Waals surface area contributed by atoms with Crippen molar-refractivity contribution < 1.29 is 0 Å². The molecule has 0 aliphatic rings. The normalized spacial score (nSPS) is 10.5. The Morgan fingerprint density at radius 2 is 1.89 bits per heavy atom. The van der Waals surface area contributed by atoms with E-state index in [0.29, 0.717) is 15.9 Å². The van der Waals surface area contributed by atoms with Gasteiger partial charge in [0.15, 0.2) is 5.82 Å². The van der Waals surface area contributed by atoms with Crippen LogP contribution in [0.15, 0.2) is 28.9 Å². The minimum Gasteiger partial charge on any atom is -0.369 e. The van der Waals surface area contributed by atoms with Crippen molar-refractivity contribution in [3.63, 3.8) is 0 Å². The van der Waals surface area contributed by atoms with E-state index in [4.69, 9.17) is 23.2 Å². The fourth-order valence-electron chi connectivity index (χ4n) is 1.56. The molecule has 0 saturated heterocycles. The molecule has 0 radical (unpaired) electrons. The van der Waals surface area contributed by atoms with Crippen LogP contribution in [0.2, 0.25) is 10.0 Å². The lowest BCUT2D eigenvalue weighted by Crippen LogP contribution is -2.04. The maximum absolute atomic E-state index is 5.99. The van der Waals surface area contributed by atoms with E-state index in [1.807, 2.05) is 0 Å². The third-order valence-corrected chi connectivity index (χ3v) is 3.42. The van der Waals surface area contributed by atoms with E-state index in [2.05, 4.69) is 38.1 Å². The van der Waals surface area contributed by atoms with Gasteiger partial charge in [0.2, 0.25) is 0 Å². The fraction of sp³-hybridized carbons (Fsp3) is 0.231. The topological polar surface area (TPSA) is 37.8 Å². The van der Waals surface area contributed by atoms with E-state index in [9.17, 15) is 0 Å². The molecule has 1 N–H and O–H groups in total. The van der Waals surface area contributed by atoms with Crippen molar-refractivity contribution >= 4 is 44.9 Å². The minimum absolute atomic E-state index is 0.567. The number of halogens is 3. The van der Waals surface area contributed by atoms with Gasteiger partial charge in [0.25, 0.3) is 0 Å². The third-order valence-electron chi connectivity index (χ3n) is 2.41. The summed E-state index contributed by atoms with van der Waals surface area (Å²) in [4.78, 5) is 8.76. The lowest BCUT2D eigenvalue weighted by atomic mass is 10.2. The summed E-state index contributed by atoms with van der Waals surface area (Å²) in [6, 6.07) is 5.27. The summed E-state index contributed by atoms with van der Waals surface area (Å²) >= 11 is 15.4. The average molecular weight is 361 g/mol. The first-order chi connectivity index (χ1) is 9.10. The largest absolute Gasteiger partial charge is 0.369 e. The maximum atomic E-state index is 5.99. The second kappa shape index (κ2) is 6.55. The number of anilines is 1. The lowest BCUT2D eigenvalue weighted by Gasteiger charge is -2.08. The second-order valence-corrected chi connectivity index (χ2v) is 5.70. The molecule has 0 aliphatic heterocycles. The van der Waals surface area contributed by atoms with Crippen molar-refractivity contribution in [2.75, 3.05) is 11.9 Å². The summed E-state index contributed by atoms with van der Waals surface area (Å²) in [6.45, 7) is 2.95. The summed E-state index contributed by atoms with van der Waals surface area (Å²) in [5.74, 6) is 1.36. The van der Waals surface area contributed by atoms with Gasteiger partial charge in [-0.25, -0.2) is 9.97 Å². The van der Waals surface area contributed by atoms with Crippen LogP contribution in [0, 0.1) is 0 Å². The van der Waals surface area contributed by atoms with Crippen LogP contribution >= 0.6 is 39.1 Å². The van der Waals surface area contributed by atoms with Gasteiger partial charge in [-0.05, 0) is 40.5 Å². The Labute approximate surface area is 130 Å². The van der Waals surface area contributed by atoms with E-state index in [1.165, 1.54) is 0 Å². The molecule has 0 atom stereocenters. The van der Waals surface area contributed by atoms with Gasteiger partial charge in [-0.2, -0.15) is 0 Å². The lowest BCUT2D eigenvalue weighted by molar-refractivity contribution is 0.963. The van der Waals surface area contributed by atoms with Gasteiger partial charge in [0, 0.05) is 28.4 Å². The third kappa shape index (κ3) is 3.81. The van der Waals surface area contributed by atoms with Crippen LogP contribution < -0.4 is 5.32 Å². The van der Waals surface area contributed by atoms with Crippen molar-refractivity contribution in [1.82, 2.24) is 9.97 Å². The molecule has 0 saturated carbocycles. The molecule has 0 spiro atoms. The molecular formula is C13H12BrCl2N3. The summed E-state index contributed by atoms with van der Waals surface area (Å²) < 4.78 is 0.831. The fourth-order valence-corrected chi connectivity index (χ4v) is 2.41. The molecule has 19 heavy (non-hydrogen) atoms. The van der Waals surface area contributed by atoms with Crippen LogP contribution in [-0.4, -0.2) is 16.5 Å². The predicted octanol–water partition coefficient (Wildman–Crippen LogP) is 5.03. The molecule has 1 aromatic carbocycles. The highest BCUT2D eigenvalue weighted by Crippen LogP contribution is 2.27. The number of nitrogens with zero attached hydrogens (tertiary/aromatic N) is 2. The van der Waals surface area contributed by atoms with Crippen LogP contribution in [0.4, 0.5) is 5.82 Å². The highest BCUT2D eigenvalue weighted by molar-refractivity contribution is 9.10. The van der Waals surface area contributed by atoms with Crippen molar-refractivity contribution in [2.45, 2.75) is 13.3 Å². The Kier molecular flexibility index (Phi) is 5.02. The molecule has 0 unspecified atom stereocenters. The molecule has 2 rings (SSSR count). The van der Waals surface area contributed by atoms with Crippen molar-refractivity contribution in [2.24, 2.45) is 0 Å². The molecule has 100 valence electrons. The molecule has 2 aromatic rings. The van der Waals surface area contributed by atoms with Crippen molar-refractivity contribution in [3.05, 3.63) is 38.9 Å². The smallest absolute Gasteiger partial charge is 0.161 e. The van der Waals surface area contributed by atoms with Crippen molar-refractivity contribution in [1.29, 1.82) is 0 Å². The van der Waals surface area contributed by atoms with E-state index in [0.717, 1.165) is 28.8 Å². The monoisotopic (exact) mass is 359 g/mol. The number of hydrogen-bond acceptors (Lipinski definition) is 3. The van der Waals surface area contributed by atoms with Gasteiger partial charge in [-0.3, -0.25) is 0 Å². The molecule has 0 amide bonds. The molecule has 1 aromatic heterocycles. The maximum Gasteiger partial charge on any atom is 0.161 e. The number of benzene rings is 1. The van der Waals surface area contributed by atoms with Gasteiger partial charge < -0.3 is 5.32 Å². The highest BCUT2D eigenvalue weighted by Gasteiger charge is 2.08. The zero-order valence-corrected chi connectivity index (χ0v) is 13.3. The SMILES string of the molecule is CCCNc1nc(-c2cc(Cl)cc(Cl)c2)ncc1Br. The Morgan fingerprint density at radius 3 is 2.53 bits per heavy atom. The van der Waals surface area contributed by atoms with Crippen LogP contribution in [0.1, 0.15) is 13.3 Å². The van der Waals surface area contributed by atoms with Crippen LogP contribution in [0.3, 0.4) is 0 Å². The van der Waals surface area contributed by atoms with Crippen LogP contribution in [0.25, 0.3) is 11.4 Å². The second-order valence-electron chi connectivity index (χ2n) is 3.98. The number of rotatable bonds is 4. The highest BCUT2D eigenvalue weighted by atomic mass is 79.9. The predicted molar refractivity (Wildman–Crippen MR) is 84.0 cm³/mol. The van der Waals surface area contributed by atoms with Crippen LogP contribution in [0.5, 0.6) is 0 Å². The first-order valence-corrected chi connectivity index (χ1v) is 7.38. The molecule has 1 heterocycles. The summed E-state index contributed by atoms with van der Waals surface area (Å²) in [5.41, 5.74) is 0.796. The Balaban J connectivity index is 2.39. The number of nitrogens with one attached hydrogen (secondary N) is 1. The summed E-state index contributed by atoms with van der Waals surface area (Å²) in [7, 11) is 0. The zero-order chi connectivity index (χ0) is 13.8. The zero-order valence-electron chi connectivity index (χ0n) is 10.3. The van der Waals surface area contributed by atoms with E-state index >= 15 is 0 Å². The van der Waals surface area contributed by atoms with Gasteiger partial charge >= 0.3 is 0 Å². The van der Waals surface area contributed by atoms with Crippen LogP contribution in [-0.2, 0) is 0 Å². The molecular weight excluding hydrogens is 349 g/mol. The molecule has 0 aliphatic carbocycles. The van der Waals surface area contributed by atoms with Gasteiger partial charge in [0.05, 0.1) is 4.47 Å². The Morgan fingerprint density at radius 1 is 1.21 bits per heavy atom. The van der Waals surface area contributed by atoms with Gasteiger partial charge in [-0.1, -0.05) is 30.1 Å². The molecule has 0 bridgehead atoms. The molecule has 6 heteroatoms. The van der Waals surface area contributed by atoms with E-state index in [-0.39, 0.29) is 0 Å². The average Bonchev–Trinajstić information content (AvgIpc) is 2.36. The molecule has 3 nitrogen and oxygen atoms in total. The number of hydrogen-bond donors (Lipinski definition) is 1. The quantitative estimate of drug-likeness (QED) is 0.830. The van der Waals surface area contributed by atoms with E-state index in [1.54, 1.807) is 24.4 Å². The first kappa shape index (κ1) is 14.6. The summed E-state index contributed by atoms with van der Waals surface area (Å²) in [6.07, 6.45) is 2.74. The number of aromatic nitrogens is 2. The standard InChI is InChI=1S/C13H12BrCl2N3/c1-2-3-17-13-11(14)7-18-12(19-13)8-4-9(15)6-10(16)5-8/h4-7H,2-3H2,1H3,(H,17,18,19). The Hall–Kier alpha value is -0.840. The van der Waals surface area contributed by atoms with Gasteiger partial charge in [-0.15, -0.1) is 0 Å². The van der Waals surface area contributed by atoms with E-state index < -0.39 is 0 Å². The van der Waals surface area contributed by atoms with Crippen molar-refractivity contribution in [3.8, 4) is 11.4 Å².